The summed E-state index contributed by atoms with van der Waals surface area (Å²) in [5.41, 5.74) is -1.07. The SMILES string of the molecule is COC(=O)C/C(C(=O)O)=C(/Cc1c(Br)c(O)c(O)c(Br)c1Br)C(=O)O. The lowest BCUT2D eigenvalue weighted by atomic mass is 9.97. The smallest absolute Gasteiger partial charge is 0.332 e. The monoisotopic (exact) mass is 544 g/mol. The number of benzene rings is 1. The van der Waals surface area contributed by atoms with Crippen molar-refractivity contribution in [2.45, 2.75) is 12.8 Å². The highest BCUT2D eigenvalue weighted by Gasteiger charge is 2.27. The number of carbonyl (C=O) groups excluding carboxylic acids is 1. The normalized spacial score (nSPS) is 11.7. The average Bonchev–Trinajstić information content (AvgIpc) is 2.56. The van der Waals surface area contributed by atoms with E-state index in [2.05, 4.69) is 52.5 Å². The molecule has 25 heavy (non-hydrogen) atoms. The fourth-order valence-corrected chi connectivity index (χ4v) is 3.60. The number of ether oxygens (including phenoxy) is 1. The zero-order valence-corrected chi connectivity index (χ0v) is 17.2. The lowest BCUT2D eigenvalue weighted by molar-refractivity contribution is -0.142. The van der Waals surface area contributed by atoms with E-state index < -0.39 is 53.4 Å². The summed E-state index contributed by atoms with van der Waals surface area (Å²) in [6.07, 6.45) is -1.20. The first-order valence-electron chi connectivity index (χ1n) is 6.35. The Labute approximate surface area is 166 Å². The Morgan fingerprint density at radius 3 is 1.80 bits per heavy atom. The molecule has 0 aliphatic heterocycles. The van der Waals surface area contributed by atoms with Gasteiger partial charge in [-0.05, 0) is 53.4 Å². The molecular weight excluding hydrogens is 536 g/mol. The van der Waals surface area contributed by atoms with Crippen molar-refractivity contribution in [3.8, 4) is 11.5 Å². The lowest BCUT2D eigenvalue weighted by Crippen LogP contribution is -2.17. The summed E-state index contributed by atoms with van der Waals surface area (Å²) in [6, 6.07) is 0. The molecule has 0 aliphatic carbocycles. The van der Waals surface area contributed by atoms with Crippen molar-refractivity contribution < 1.29 is 39.5 Å². The molecule has 1 rings (SSSR count). The highest BCUT2D eigenvalue weighted by Crippen LogP contribution is 2.47. The predicted molar refractivity (Wildman–Crippen MR) is 95.5 cm³/mol. The van der Waals surface area contributed by atoms with Gasteiger partial charge >= 0.3 is 17.9 Å². The molecule has 0 saturated carbocycles. The lowest BCUT2D eigenvalue weighted by Gasteiger charge is -2.15. The second-order valence-electron chi connectivity index (χ2n) is 4.61. The van der Waals surface area contributed by atoms with E-state index in [0.29, 0.717) is 0 Å². The summed E-state index contributed by atoms with van der Waals surface area (Å²) in [5.74, 6) is -5.10. The summed E-state index contributed by atoms with van der Waals surface area (Å²) in [5, 5.41) is 38.3. The number of esters is 1. The van der Waals surface area contributed by atoms with Crippen LogP contribution in [-0.4, -0.2) is 45.4 Å². The highest BCUT2D eigenvalue weighted by atomic mass is 79.9. The molecule has 8 nitrogen and oxygen atoms in total. The van der Waals surface area contributed by atoms with Gasteiger partial charge in [0.1, 0.15) is 0 Å². The molecule has 4 N–H and O–H groups in total. The number of phenols is 2. The summed E-state index contributed by atoms with van der Waals surface area (Å²) < 4.78 is 4.62. The largest absolute Gasteiger partial charge is 0.503 e. The van der Waals surface area contributed by atoms with Gasteiger partial charge in [0.2, 0.25) is 0 Å². The van der Waals surface area contributed by atoms with Gasteiger partial charge in [-0.2, -0.15) is 0 Å². The molecule has 0 heterocycles. The van der Waals surface area contributed by atoms with Crippen LogP contribution in [0.2, 0.25) is 0 Å². The van der Waals surface area contributed by atoms with Crippen LogP contribution in [-0.2, 0) is 25.5 Å². The van der Waals surface area contributed by atoms with Crippen LogP contribution in [0.4, 0.5) is 0 Å². The Bertz CT molecular complexity index is 756. The first kappa shape index (κ1) is 21.5. The molecule has 0 saturated heterocycles. The summed E-state index contributed by atoms with van der Waals surface area (Å²) >= 11 is 9.20. The second-order valence-corrected chi connectivity index (χ2v) is 6.99. The predicted octanol–water partition coefficient (Wildman–Crippen LogP) is 2.96. The number of carboxylic acids is 2. The number of hydrogen-bond donors (Lipinski definition) is 4. The van der Waals surface area contributed by atoms with E-state index in [1.54, 1.807) is 0 Å². The van der Waals surface area contributed by atoms with Gasteiger partial charge in [-0.25, -0.2) is 9.59 Å². The highest BCUT2D eigenvalue weighted by molar-refractivity contribution is 9.13. The minimum absolute atomic E-state index is 0.0263. The topological polar surface area (TPSA) is 141 Å². The molecule has 0 bridgehead atoms. The average molecular weight is 547 g/mol. The zero-order chi connectivity index (χ0) is 19.5. The van der Waals surface area contributed by atoms with Crippen LogP contribution in [0, 0.1) is 0 Å². The van der Waals surface area contributed by atoms with Crippen molar-refractivity contribution >= 4 is 65.7 Å². The van der Waals surface area contributed by atoms with Crippen LogP contribution in [0.15, 0.2) is 24.6 Å². The Balaban J connectivity index is 3.59. The minimum atomic E-state index is -1.59. The third-order valence-electron chi connectivity index (χ3n) is 3.15. The number of carbonyl (C=O) groups is 3. The molecule has 136 valence electrons. The number of rotatable bonds is 6. The van der Waals surface area contributed by atoms with E-state index in [4.69, 9.17) is 0 Å². The molecule has 0 atom stereocenters. The van der Waals surface area contributed by atoms with Crippen molar-refractivity contribution in [3.63, 3.8) is 0 Å². The van der Waals surface area contributed by atoms with E-state index >= 15 is 0 Å². The first-order valence-corrected chi connectivity index (χ1v) is 8.73. The van der Waals surface area contributed by atoms with Crippen molar-refractivity contribution in [2.75, 3.05) is 7.11 Å². The molecule has 0 fully saturated rings. The van der Waals surface area contributed by atoms with Crippen LogP contribution in [0.1, 0.15) is 12.0 Å². The maximum Gasteiger partial charge on any atom is 0.332 e. The van der Waals surface area contributed by atoms with E-state index in [9.17, 15) is 34.8 Å². The quantitative estimate of drug-likeness (QED) is 0.185. The van der Waals surface area contributed by atoms with E-state index in [-0.39, 0.29) is 19.0 Å². The van der Waals surface area contributed by atoms with Crippen molar-refractivity contribution in [1.82, 2.24) is 0 Å². The Hall–Kier alpha value is -1.59. The van der Waals surface area contributed by atoms with Gasteiger partial charge in [-0.15, -0.1) is 0 Å². The maximum atomic E-state index is 11.6. The minimum Gasteiger partial charge on any atom is -0.503 e. The Kier molecular flexibility index (Phi) is 7.44. The molecule has 1 aromatic rings. The van der Waals surface area contributed by atoms with Gasteiger partial charge in [0, 0.05) is 10.9 Å². The van der Waals surface area contributed by atoms with Gasteiger partial charge in [-0.3, -0.25) is 4.79 Å². The number of aromatic hydroxyl groups is 2. The van der Waals surface area contributed by atoms with Gasteiger partial charge in [0.15, 0.2) is 11.5 Å². The van der Waals surface area contributed by atoms with Crippen LogP contribution in [0.3, 0.4) is 0 Å². The maximum absolute atomic E-state index is 11.6. The summed E-state index contributed by atoms with van der Waals surface area (Å²) in [7, 11) is 1.05. The molecule has 0 radical (unpaired) electrons. The molecule has 0 aliphatic rings. The number of methoxy groups -OCH3 is 1. The Morgan fingerprint density at radius 1 is 0.880 bits per heavy atom. The third kappa shape index (κ3) is 4.73. The molecule has 0 unspecified atom stereocenters. The van der Waals surface area contributed by atoms with E-state index in [1.165, 1.54) is 0 Å². The zero-order valence-electron chi connectivity index (χ0n) is 12.5. The van der Waals surface area contributed by atoms with Crippen molar-refractivity contribution in [2.24, 2.45) is 0 Å². The van der Waals surface area contributed by atoms with Gasteiger partial charge in [0.25, 0.3) is 0 Å². The number of carboxylic acid groups (broad SMARTS) is 2. The molecule has 1 aromatic carbocycles. The van der Waals surface area contributed by atoms with E-state index in [0.717, 1.165) is 7.11 Å². The second kappa shape index (κ2) is 8.68. The van der Waals surface area contributed by atoms with Crippen molar-refractivity contribution in [1.29, 1.82) is 0 Å². The van der Waals surface area contributed by atoms with Gasteiger partial charge < -0.3 is 25.2 Å². The Morgan fingerprint density at radius 2 is 1.36 bits per heavy atom. The first-order chi connectivity index (χ1) is 11.5. The molecule has 0 spiro atoms. The van der Waals surface area contributed by atoms with Crippen LogP contribution < -0.4 is 0 Å². The summed E-state index contributed by atoms with van der Waals surface area (Å²) in [6.45, 7) is 0. The van der Waals surface area contributed by atoms with Crippen LogP contribution in [0.25, 0.3) is 0 Å². The summed E-state index contributed by atoms with van der Waals surface area (Å²) in [4.78, 5) is 34.3. The molecule has 0 aromatic heterocycles. The number of halogens is 3. The number of phenolic OH excluding ortho intramolecular Hbond substituents is 2. The molecule has 0 amide bonds. The standard InChI is InChI=1S/C14H11Br3O8/c1-25-7(18)3-5(14(23)24)4(13(21)22)2-6-8(15)10(17)12(20)11(19)9(6)16/h19-20H,2-3H2,1H3,(H,21,22)(H,23,24)/b5-4+. The number of hydrogen-bond acceptors (Lipinski definition) is 6. The fourth-order valence-electron chi connectivity index (χ4n) is 1.85. The van der Waals surface area contributed by atoms with Gasteiger partial charge in [-0.1, -0.05) is 0 Å². The molecule has 11 heteroatoms. The molecular formula is C14H11Br3O8. The van der Waals surface area contributed by atoms with E-state index in [1.807, 2.05) is 0 Å². The fraction of sp³-hybridized carbons (Fsp3) is 0.214. The van der Waals surface area contributed by atoms with Crippen molar-refractivity contribution in [3.05, 3.63) is 30.1 Å². The van der Waals surface area contributed by atoms with Crippen LogP contribution >= 0.6 is 47.8 Å². The van der Waals surface area contributed by atoms with Crippen LogP contribution in [0.5, 0.6) is 11.5 Å². The third-order valence-corrected chi connectivity index (χ3v) is 6.18. The van der Waals surface area contributed by atoms with Gasteiger partial charge in [0.05, 0.1) is 33.6 Å². The number of aliphatic carboxylic acids is 2.